The minimum absolute atomic E-state index is 0. The van der Waals surface area contributed by atoms with Crippen LogP contribution in [-0.4, -0.2) is 0 Å². The molecule has 0 aliphatic carbocycles. The lowest BCUT2D eigenvalue weighted by Crippen LogP contribution is -2.15. The monoisotopic (exact) mass is 309 g/mol. The molecule has 0 fully saturated rings. The molecule has 1 aromatic carbocycles. The SMILES string of the molecule is Cc1cc(Br)cc([C@H](N)CC(C)C)c1F.Cl. The van der Waals surface area contributed by atoms with Crippen molar-refractivity contribution in [2.75, 3.05) is 0 Å². The third-order valence-electron chi connectivity index (χ3n) is 2.37. The van der Waals surface area contributed by atoms with Gasteiger partial charge in [0.2, 0.25) is 0 Å². The van der Waals surface area contributed by atoms with Crippen LogP contribution in [0.15, 0.2) is 16.6 Å². The summed E-state index contributed by atoms with van der Waals surface area (Å²) in [6, 6.07) is 3.32. The fourth-order valence-corrected chi connectivity index (χ4v) is 2.25. The maximum absolute atomic E-state index is 13.8. The van der Waals surface area contributed by atoms with E-state index in [-0.39, 0.29) is 24.3 Å². The summed E-state index contributed by atoms with van der Waals surface area (Å²) in [5.41, 5.74) is 7.22. The lowest BCUT2D eigenvalue weighted by Gasteiger charge is -2.16. The second-order valence-corrected chi connectivity index (χ2v) is 5.28. The summed E-state index contributed by atoms with van der Waals surface area (Å²) < 4.78 is 14.7. The van der Waals surface area contributed by atoms with E-state index in [9.17, 15) is 4.39 Å². The highest BCUT2D eigenvalue weighted by Crippen LogP contribution is 2.26. The Labute approximate surface area is 111 Å². The van der Waals surface area contributed by atoms with E-state index in [0.717, 1.165) is 10.9 Å². The third-order valence-corrected chi connectivity index (χ3v) is 2.83. The van der Waals surface area contributed by atoms with Crippen molar-refractivity contribution >= 4 is 28.3 Å². The molecule has 4 heteroatoms. The number of rotatable bonds is 3. The minimum atomic E-state index is -0.221. The largest absolute Gasteiger partial charge is 0.324 e. The Hall–Kier alpha value is -0.120. The third kappa shape index (κ3) is 4.04. The Morgan fingerprint density at radius 1 is 1.38 bits per heavy atom. The first kappa shape index (κ1) is 15.9. The van der Waals surface area contributed by atoms with E-state index in [0.29, 0.717) is 17.0 Å². The van der Waals surface area contributed by atoms with Crippen LogP contribution in [0.3, 0.4) is 0 Å². The van der Waals surface area contributed by atoms with E-state index in [4.69, 9.17) is 5.73 Å². The quantitative estimate of drug-likeness (QED) is 0.881. The molecule has 0 saturated heterocycles. The van der Waals surface area contributed by atoms with Crippen molar-refractivity contribution in [3.63, 3.8) is 0 Å². The molecule has 0 bridgehead atoms. The van der Waals surface area contributed by atoms with E-state index < -0.39 is 0 Å². The molecule has 0 aliphatic heterocycles. The van der Waals surface area contributed by atoms with Crippen LogP contribution < -0.4 is 5.73 Å². The van der Waals surface area contributed by atoms with Crippen LogP contribution >= 0.6 is 28.3 Å². The fraction of sp³-hybridized carbons (Fsp3) is 0.500. The molecule has 2 N–H and O–H groups in total. The van der Waals surface area contributed by atoms with Crippen LogP contribution in [0.4, 0.5) is 4.39 Å². The second kappa shape index (κ2) is 6.58. The number of benzene rings is 1. The van der Waals surface area contributed by atoms with Crippen LogP contribution in [0.1, 0.15) is 37.4 Å². The number of aryl methyl sites for hydroxylation is 1. The smallest absolute Gasteiger partial charge is 0.130 e. The molecule has 1 nitrogen and oxygen atoms in total. The Kier molecular flexibility index (Phi) is 6.53. The first-order chi connectivity index (χ1) is 6.91. The van der Waals surface area contributed by atoms with Crippen LogP contribution in [0.5, 0.6) is 0 Å². The molecule has 0 unspecified atom stereocenters. The Balaban J connectivity index is 0.00000225. The van der Waals surface area contributed by atoms with Crippen molar-refractivity contribution in [1.29, 1.82) is 0 Å². The zero-order valence-electron chi connectivity index (χ0n) is 9.76. The van der Waals surface area contributed by atoms with Crippen LogP contribution in [0, 0.1) is 18.7 Å². The number of hydrogen-bond acceptors (Lipinski definition) is 1. The molecule has 16 heavy (non-hydrogen) atoms. The summed E-state index contributed by atoms with van der Waals surface area (Å²) in [7, 11) is 0. The highest BCUT2D eigenvalue weighted by molar-refractivity contribution is 9.10. The Bertz CT molecular complexity index is 355. The summed E-state index contributed by atoms with van der Waals surface area (Å²) >= 11 is 3.36. The first-order valence-corrected chi connectivity index (χ1v) is 5.92. The normalized spacial score (nSPS) is 12.4. The topological polar surface area (TPSA) is 26.0 Å². The number of halogens is 3. The van der Waals surface area contributed by atoms with Crippen molar-refractivity contribution in [2.45, 2.75) is 33.2 Å². The zero-order valence-corrected chi connectivity index (χ0v) is 12.2. The van der Waals surface area contributed by atoms with Gasteiger partial charge in [0.1, 0.15) is 5.82 Å². The molecule has 0 spiro atoms. The van der Waals surface area contributed by atoms with Crippen LogP contribution in [-0.2, 0) is 0 Å². The van der Waals surface area contributed by atoms with Crippen molar-refractivity contribution in [3.05, 3.63) is 33.5 Å². The predicted octanol–water partition coefficient (Wildman–Crippen LogP) is 4.36. The molecule has 0 aliphatic rings. The standard InChI is InChI=1S/C12H17BrFN.ClH/c1-7(2)4-11(15)10-6-9(13)5-8(3)12(10)14;/h5-7,11H,4,15H2,1-3H3;1H/t11-;/m1./s1. The van der Waals surface area contributed by atoms with Crippen molar-refractivity contribution < 1.29 is 4.39 Å². The molecule has 0 aromatic heterocycles. The molecule has 0 radical (unpaired) electrons. The maximum atomic E-state index is 13.8. The summed E-state index contributed by atoms with van der Waals surface area (Å²) in [6.45, 7) is 5.93. The number of hydrogen-bond donors (Lipinski definition) is 1. The molecule has 1 aromatic rings. The minimum Gasteiger partial charge on any atom is -0.324 e. The van der Waals surface area contributed by atoms with E-state index in [1.54, 1.807) is 19.1 Å². The van der Waals surface area contributed by atoms with Gasteiger partial charge in [0.15, 0.2) is 0 Å². The lowest BCUT2D eigenvalue weighted by atomic mass is 9.96. The van der Waals surface area contributed by atoms with Gasteiger partial charge in [-0.1, -0.05) is 29.8 Å². The van der Waals surface area contributed by atoms with Crippen LogP contribution in [0.25, 0.3) is 0 Å². The summed E-state index contributed by atoms with van der Waals surface area (Å²) in [4.78, 5) is 0. The Morgan fingerprint density at radius 3 is 2.44 bits per heavy atom. The van der Waals surface area contributed by atoms with Gasteiger partial charge in [-0.05, 0) is 37.0 Å². The van der Waals surface area contributed by atoms with Crippen molar-refractivity contribution in [3.8, 4) is 0 Å². The van der Waals surface area contributed by atoms with E-state index in [1.165, 1.54) is 0 Å². The van der Waals surface area contributed by atoms with Gasteiger partial charge in [-0.25, -0.2) is 4.39 Å². The average Bonchev–Trinajstić information content (AvgIpc) is 2.09. The van der Waals surface area contributed by atoms with Gasteiger partial charge in [-0.15, -0.1) is 12.4 Å². The molecular weight excluding hydrogens is 292 g/mol. The number of nitrogens with two attached hydrogens (primary N) is 1. The second-order valence-electron chi connectivity index (χ2n) is 4.36. The molecule has 0 heterocycles. The van der Waals surface area contributed by atoms with E-state index in [2.05, 4.69) is 29.8 Å². The summed E-state index contributed by atoms with van der Waals surface area (Å²) in [5, 5.41) is 0. The Morgan fingerprint density at radius 2 is 1.94 bits per heavy atom. The highest BCUT2D eigenvalue weighted by Gasteiger charge is 2.15. The van der Waals surface area contributed by atoms with Gasteiger partial charge >= 0.3 is 0 Å². The van der Waals surface area contributed by atoms with Crippen LogP contribution in [0.2, 0.25) is 0 Å². The summed E-state index contributed by atoms with van der Waals surface area (Å²) in [6.07, 6.45) is 0.798. The fourth-order valence-electron chi connectivity index (χ4n) is 1.66. The van der Waals surface area contributed by atoms with Crippen molar-refractivity contribution in [1.82, 2.24) is 0 Å². The molecule has 92 valence electrons. The zero-order chi connectivity index (χ0) is 11.6. The lowest BCUT2D eigenvalue weighted by molar-refractivity contribution is 0.487. The van der Waals surface area contributed by atoms with Crippen molar-refractivity contribution in [2.24, 2.45) is 11.7 Å². The average molecular weight is 311 g/mol. The predicted molar refractivity (Wildman–Crippen MR) is 72.5 cm³/mol. The van der Waals surface area contributed by atoms with Gasteiger partial charge in [0, 0.05) is 16.1 Å². The van der Waals surface area contributed by atoms with Gasteiger partial charge in [0.25, 0.3) is 0 Å². The highest BCUT2D eigenvalue weighted by atomic mass is 79.9. The van der Waals surface area contributed by atoms with Gasteiger partial charge in [-0.3, -0.25) is 0 Å². The molecular formula is C12H18BrClFN. The molecule has 1 rings (SSSR count). The molecule has 1 atom stereocenters. The molecule has 0 saturated carbocycles. The maximum Gasteiger partial charge on any atom is 0.130 e. The molecule has 0 amide bonds. The first-order valence-electron chi connectivity index (χ1n) is 5.13. The van der Waals surface area contributed by atoms with Gasteiger partial charge in [-0.2, -0.15) is 0 Å². The summed E-state index contributed by atoms with van der Waals surface area (Å²) in [5.74, 6) is 0.296. The van der Waals surface area contributed by atoms with E-state index >= 15 is 0 Å². The van der Waals surface area contributed by atoms with Gasteiger partial charge in [0.05, 0.1) is 0 Å². The van der Waals surface area contributed by atoms with Gasteiger partial charge < -0.3 is 5.73 Å². The van der Waals surface area contributed by atoms with E-state index in [1.807, 2.05) is 0 Å².